The van der Waals surface area contributed by atoms with Crippen LogP contribution in [0.3, 0.4) is 0 Å². The van der Waals surface area contributed by atoms with E-state index in [9.17, 15) is 14.7 Å². The van der Waals surface area contributed by atoms with Gasteiger partial charge in [0.05, 0.1) is 31.6 Å². The number of carbonyl (C=O) groups excluding carboxylic acids is 2. The lowest BCUT2D eigenvalue weighted by Gasteiger charge is -2.35. The van der Waals surface area contributed by atoms with Crippen molar-refractivity contribution in [1.29, 1.82) is 0 Å². The van der Waals surface area contributed by atoms with Crippen molar-refractivity contribution in [3.63, 3.8) is 0 Å². The predicted molar refractivity (Wildman–Crippen MR) is 165 cm³/mol. The van der Waals surface area contributed by atoms with E-state index in [0.717, 1.165) is 25.3 Å². The Morgan fingerprint density at radius 3 is 2.69 bits per heavy atom. The molecule has 0 unspecified atom stereocenters. The Labute approximate surface area is 262 Å². The molecule has 2 fully saturated rings. The third-order valence-electron chi connectivity index (χ3n) is 8.51. The molecule has 2 saturated heterocycles. The summed E-state index contributed by atoms with van der Waals surface area (Å²) in [5.41, 5.74) is 2.78. The van der Waals surface area contributed by atoms with Gasteiger partial charge in [-0.25, -0.2) is 9.97 Å². The van der Waals surface area contributed by atoms with Crippen LogP contribution in [0, 0.1) is 0 Å². The van der Waals surface area contributed by atoms with Gasteiger partial charge < -0.3 is 34.1 Å². The number of nitrogens with one attached hydrogen (secondary N) is 1. The van der Waals surface area contributed by atoms with Gasteiger partial charge in [0.15, 0.2) is 17.9 Å². The number of rotatable bonds is 13. The van der Waals surface area contributed by atoms with Crippen molar-refractivity contribution in [2.45, 2.75) is 57.9 Å². The van der Waals surface area contributed by atoms with Gasteiger partial charge in [0.25, 0.3) is 0 Å². The number of piperazine rings is 1. The van der Waals surface area contributed by atoms with E-state index in [4.69, 9.17) is 18.9 Å². The number of ketones is 1. The van der Waals surface area contributed by atoms with E-state index in [1.165, 1.54) is 17.5 Å². The lowest BCUT2D eigenvalue weighted by molar-refractivity contribution is -0.131. The molecule has 1 atom stereocenters. The first-order valence-corrected chi connectivity index (χ1v) is 15.7. The lowest BCUT2D eigenvalue weighted by atomic mass is 9.98. The number of aromatic nitrogens is 3. The highest BCUT2D eigenvalue weighted by Crippen LogP contribution is 2.25. The van der Waals surface area contributed by atoms with Crippen molar-refractivity contribution in [3.8, 4) is 5.75 Å². The van der Waals surface area contributed by atoms with Crippen LogP contribution in [0.2, 0.25) is 0 Å². The molecular weight excluding hydrogens is 578 g/mol. The van der Waals surface area contributed by atoms with Gasteiger partial charge in [0.2, 0.25) is 11.9 Å². The topological polar surface area (TPSA) is 146 Å². The smallest absolute Gasteiger partial charge is 0.228 e. The second-order valence-electron chi connectivity index (χ2n) is 11.8. The molecule has 2 aromatic heterocycles. The number of hydrogen-bond acceptors (Lipinski definition) is 12. The Morgan fingerprint density at radius 2 is 1.96 bits per heavy atom. The van der Waals surface area contributed by atoms with E-state index in [1.54, 1.807) is 12.3 Å². The molecule has 1 amide bonds. The van der Waals surface area contributed by atoms with Crippen molar-refractivity contribution >= 4 is 23.5 Å². The zero-order valence-corrected chi connectivity index (χ0v) is 25.7. The summed E-state index contributed by atoms with van der Waals surface area (Å²) >= 11 is 0. The summed E-state index contributed by atoms with van der Waals surface area (Å²) in [6, 6.07) is 7.93. The van der Waals surface area contributed by atoms with Crippen LogP contribution in [0.5, 0.6) is 5.75 Å². The van der Waals surface area contributed by atoms with Crippen molar-refractivity contribution < 1.29 is 28.6 Å². The molecule has 2 N–H and O–H groups in total. The lowest BCUT2D eigenvalue weighted by Crippen LogP contribution is -2.49. The second-order valence-corrected chi connectivity index (χ2v) is 11.8. The van der Waals surface area contributed by atoms with E-state index < -0.39 is 6.10 Å². The number of Topliss-reactive ketones (excluding diaryl/α,β-unsaturated/α-hetero) is 1. The van der Waals surface area contributed by atoms with Gasteiger partial charge in [-0.15, -0.1) is 0 Å². The van der Waals surface area contributed by atoms with Gasteiger partial charge >= 0.3 is 0 Å². The fraction of sp³-hybridized carbons (Fsp3) is 0.531. The molecule has 3 aromatic rings. The minimum absolute atomic E-state index is 0.132. The summed E-state index contributed by atoms with van der Waals surface area (Å²) in [6.07, 6.45) is 4.24. The van der Waals surface area contributed by atoms with E-state index >= 15 is 0 Å². The quantitative estimate of drug-likeness (QED) is 0.271. The van der Waals surface area contributed by atoms with Crippen molar-refractivity contribution in [3.05, 3.63) is 59.4 Å². The number of oxazole rings is 1. The first kappa shape index (κ1) is 30.9. The molecule has 1 aromatic carbocycles. The summed E-state index contributed by atoms with van der Waals surface area (Å²) in [6.45, 7) is 7.81. The molecule has 5 heterocycles. The third-order valence-corrected chi connectivity index (χ3v) is 8.51. The molecule has 0 radical (unpaired) electrons. The van der Waals surface area contributed by atoms with Crippen molar-refractivity contribution in [2.75, 3.05) is 62.7 Å². The largest absolute Gasteiger partial charge is 0.486 e. The maximum Gasteiger partial charge on any atom is 0.228 e. The van der Waals surface area contributed by atoms with Crippen LogP contribution in [0.25, 0.3) is 0 Å². The van der Waals surface area contributed by atoms with E-state index in [0.29, 0.717) is 88.6 Å². The molecule has 6 rings (SSSR count). The minimum atomic E-state index is -0.643. The summed E-state index contributed by atoms with van der Waals surface area (Å²) in [4.78, 5) is 44.8. The summed E-state index contributed by atoms with van der Waals surface area (Å²) in [5.74, 6) is 2.53. The van der Waals surface area contributed by atoms with E-state index in [1.807, 2.05) is 22.8 Å². The number of aliphatic hydroxyl groups excluding tert-OH is 1. The van der Waals surface area contributed by atoms with Gasteiger partial charge in [-0.05, 0) is 36.1 Å². The number of β-amino-alcohol motifs (C(OH)–C–C–N with tert-alkyl or cyclic N) is 1. The Balaban J connectivity index is 1.02. The van der Waals surface area contributed by atoms with Crippen LogP contribution in [0.1, 0.15) is 53.6 Å². The van der Waals surface area contributed by atoms with Gasteiger partial charge in [0, 0.05) is 64.7 Å². The fourth-order valence-electron chi connectivity index (χ4n) is 5.82. The standard InChI is InChI=1S/C32H41N7O6/c1-2-31(42)38-9-11-39(12-10-38)32-35-28(14-30(36-32)34-24-18-43-19-24)29(41)6-4-25(40)17-37-8-7-22-13-26(5-3-23(22)16-37)44-20-27-15-33-21-45-27/h3,5,13-15,21,24-25,40H,2,4,6-12,16-20H2,1H3,(H,34,35,36)/t25-/m0/s1. The number of amides is 1. The van der Waals surface area contributed by atoms with Gasteiger partial charge in [-0.1, -0.05) is 13.0 Å². The van der Waals surface area contributed by atoms with Crippen LogP contribution in [0.15, 0.2) is 41.3 Å². The Morgan fingerprint density at radius 1 is 1.11 bits per heavy atom. The highest BCUT2D eigenvalue weighted by molar-refractivity contribution is 5.95. The molecule has 0 aliphatic carbocycles. The fourth-order valence-corrected chi connectivity index (χ4v) is 5.82. The zero-order chi connectivity index (χ0) is 31.2. The molecule has 3 aliphatic heterocycles. The number of ether oxygens (including phenoxy) is 2. The van der Waals surface area contributed by atoms with Crippen molar-refractivity contribution in [2.24, 2.45) is 0 Å². The minimum Gasteiger partial charge on any atom is -0.486 e. The number of carbonyl (C=O) groups is 2. The normalized spacial score (nSPS) is 17.8. The Bertz CT molecular complexity index is 1460. The average molecular weight is 620 g/mol. The number of fused-ring (bicyclic) bond motifs is 1. The van der Waals surface area contributed by atoms with Crippen LogP contribution >= 0.6 is 0 Å². The van der Waals surface area contributed by atoms with Gasteiger partial charge in [-0.3, -0.25) is 14.5 Å². The summed E-state index contributed by atoms with van der Waals surface area (Å²) in [7, 11) is 0. The van der Waals surface area contributed by atoms with Crippen LogP contribution in [-0.2, 0) is 29.1 Å². The number of aliphatic hydroxyl groups is 1. The Kier molecular flexibility index (Phi) is 9.87. The summed E-state index contributed by atoms with van der Waals surface area (Å²) < 4.78 is 16.4. The van der Waals surface area contributed by atoms with Gasteiger partial charge in [0.1, 0.15) is 23.9 Å². The monoisotopic (exact) mass is 619 g/mol. The molecule has 0 bridgehead atoms. The molecule has 13 nitrogen and oxygen atoms in total. The zero-order valence-electron chi connectivity index (χ0n) is 25.7. The molecule has 13 heteroatoms. The number of hydrogen-bond donors (Lipinski definition) is 2. The van der Waals surface area contributed by atoms with E-state index in [-0.39, 0.29) is 24.2 Å². The van der Waals surface area contributed by atoms with Crippen LogP contribution < -0.4 is 15.0 Å². The number of benzene rings is 1. The van der Waals surface area contributed by atoms with Crippen LogP contribution in [0.4, 0.5) is 11.8 Å². The van der Waals surface area contributed by atoms with E-state index in [2.05, 4.69) is 32.3 Å². The van der Waals surface area contributed by atoms with Crippen molar-refractivity contribution in [1.82, 2.24) is 24.8 Å². The number of anilines is 2. The maximum atomic E-state index is 13.3. The Hall–Kier alpha value is -4.07. The molecule has 0 saturated carbocycles. The highest BCUT2D eigenvalue weighted by atomic mass is 16.5. The third kappa shape index (κ3) is 7.96. The molecule has 240 valence electrons. The van der Waals surface area contributed by atoms with Crippen LogP contribution in [-0.4, -0.2) is 106 Å². The first-order chi connectivity index (χ1) is 21.9. The summed E-state index contributed by atoms with van der Waals surface area (Å²) in [5, 5.41) is 14.2. The first-order valence-electron chi connectivity index (χ1n) is 15.7. The molecule has 45 heavy (non-hydrogen) atoms. The number of nitrogens with zero attached hydrogens (tertiary/aromatic N) is 6. The maximum absolute atomic E-state index is 13.3. The SMILES string of the molecule is CCC(=O)N1CCN(c2nc(NC3COC3)cc(C(=O)CC[C@H](O)CN3CCc4cc(OCc5cnco5)ccc4C3)n2)CC1. The molecule has 0 spiro atoms. The highest BCUT2D eigenvalue weighted by Gasteiger charge is 2.26. The molecular formula is C32H41N7O6. The molecule has 3 aliphatic rings. The predicted octanol–water partition coefficient (Wildman–Crippen LogP) is 2.29. The average Bonchev–Trinajstić information content (AvgIpc) is 3.58. The van der Waals surface area contributed by atoms with Gasteiger partial charge in [-0.2, -0.15) is 4.98 Å². The second kappa shape index (κ2) is 14.4.